The number of carbonyl (C=O) groups is 3. The van der Waals surface area contributed by atoms with Crippen LogP contribution in [0.15, 0.2) is 18.2 Å². The maximum Gasteiger partial charge on any atom is 0.303 e. The monoisotopic (exact) mass is 392 g/mol. The van der Waals surface area contributed by atoms with E-state index in [4.69, 9.17) is 16.7 Å². The van der Waals surface area contributed by atoms with Gasteiger partial charge in [-0.05, 0) is 37.5 Å². The van der Waals surface area contributed by atoms with Crippen LogP contribution in [0.1, 0.15) is 44.3 Å². The van der Waals surface area contributed by atoms with E-state index in [0.717, 1.165) is 11.0 Å². The minimum absolute atomic E-state index is 0.0383. The third kappa shape index (κ3) is 4.97. The fraction of sp³-hybridized carbons (Fsp3) is 0.444. The van der Waals surface area contributed by atoms with Crippen LogP contribution in [0.25, 0.3) is 11.0 Å². The molecule has 1 aromatic carbocycles. The number of fused-ring (bicyclic) bond motifs is 1. The number of aliphatic carboxylic acids is 1. The number of hydrogen-bond donors (Lipinski definition) is 4. The first kappa shape index (κ1) is 19.2. The number of hydrogen-bond acceptors (Lipinski definition) is 4. The van der Waals surface area contributed by atoms with Gasteiger partial charge in [-0.15, -0.1) is 0 Å². The summed E-state index contributed by atoms with van der Waals surface area (Å²) in [7, 11) is 0. The van der Waals surface area contributed by atoms with E-state index in [1.54, 1.807) is 18.2 Å². The van der Waals surface area contributed by atoms with E-state index in [1.807, 2.05) is 0 Å². The molecule has 1 aliphatic rings. The summed E-state index contributed by atoms with van der Waals surface area (Å²) in [5.74, 6) is -0.564. The SMILES string of the molecule is O=C(O)CC[C@@]1(CCC(=O)NCc2nc3ccc(Cl)cc3[nH]2)CCC(=O)N1. The van der Waals surface area contributed by atoms with Crippen LogP contribution >= 0.6 is 11.6 Å². The van der Waals surface area contributed by atoms with Crippen molar-refractivity contribution in [3.8, 4) is 0 Å². The molecule has 1 aliphatic heterocycles. The number of carboxylic acids is 1. The number of carbonyl (C=O) groups excluding carboxylic acids is 2. The molecule has 2 aromatic rings. The van der Waals surface area contributed by atoms with Gasteiger partial charge < -0.3 is 20.7 Å². The first-order valence-corrected chi connectivity index (χ1v) is 9.17. The van der Waals surface area contributed by atoms with E-state index < -0.39 is 11.5 Å². The Hall–Kier alpha value is -2.61. The van der Waals surface area contributed by atoms with Crippen LogP contribution in [0.3, 0.4) is 0 Å². The second-order valence-corrected chi connectivity index (χ2v) is 7.28. The Balaban J connectivity index is 1.53. The van der Waals surface area contributed by atoms with Gasteiger partial charge in [0.15, 0.2) is 0 Å². The number of benzene rings is 1. The number of nitrogens with one attached hydrogen (secondary N) is 3. The summed E-state index contributed by atoms with van der Waals surface area (Å²) in [6.07, 6.45) is 1.81. The van der Waals surface area contributed by atoms with E-state index in [2.05, 4.69) is 20.6 Å². The van der Waals surface area contributed by atoms with Gasteiger partial charge in [0.25, 0.3) is 0 Å². The van der Waals surface area contributed by atoms with Crippen LogP contribution in [-0.2, 0) is 20.9 Å². The van der Waals surface area contributed by atoms with Gasteiger partial charge in [0.1, 0.15) is 5.82 Å². The van der Waals surface area contributed by atoms with Crippen molar-refractivity contribution in [1.29, 1.82) is 0 Å². The van der Waals surface area contributed by atoms with Gasteiger partial charge in [0.05, 0.1) is 17.6 Å². The van der Waals surface area contributed by atoms with Crippen LogP contribution in [-0.4, -0.2) is 38.4 Å². The average Bonchev–Trinajstić information content (AvgIpc) is 3.19. The van der Waals surface area contributed by atoms with Crippen molar-refractivity contribution in [3.63, 3.8) is 0 Å². The number of aromatic nitrogens is 2. The van der Waals surface area contributed by atoms with Crippen LogP contribution in [0.2, 0.25) is 5.02 Å². The number of halogens is 1. The van der Waals surface area contributed by atoms with Crippen LogP contribution < -0.4 is 10.6 Å². The Morgan fingerprint density at radius 2 is 2.07 bits per heavy atom. The van der Waals surface area contributed by atoms with Crippen LogP contribution in [0.5, 0.6) is 0 Å². The molecule has 0 aliphatic carbocycles. The molecule has 0 spiro atoms. The molecule has 1 fully saturated rings. The van der Waals surface area contributed by atoms with E-state index in [0.29, 0.717) is 36.5 Å². The number of H-pyrrole nitrogens is 1. The Morgan fingerprint density at radius 3 is 2.78 bits per heavy atom. The van der Waals surface area contributed by atoms with Crippen molar-refractivity contribution in [2.24, 2.45) is 0 Å². The van der Waals surface area contributed by atoms with Gasteiger partial charge in [-0.3, -0.25) is 14.4 Å². The normalized spacial score (nSPS) is 19.2. The van der Waals surface area contributed by atoms with E-state index in [-0.39, 0.29) is 31.2 Å². The molecule has 3 rings (SSSR count). The number of nitrogens with zero attached hydrogens (tertiary/aromatic N) is 1. The molecule has 1 saturated heterocycles. The summed E-state index contributed by atoms with van der Waals surface area (Å²) in [4.78, 5) is 42.1. The number of rotatable bonds is 8. The molecule has 2 heterocycles. The molecule has 0 radical (unpaired) electrons. The van der Waals surface area contributed by atoms with Crippen molar-refractivity contribution >= 4 is 40.4 Å². The quantitative estimate of drug-likeness (QED) is 0.547. The van der Waals surface area contributed by atoms with Gasteiger partial charge in [-0.25, -0.2) is 4.98 Å². The van der Waals surface area contributed by atoms with Crippen molar-refractivity contribution in [2.45, 2.75) is 50.6 Å². The highest BCUT2D eigenvalue weighted by molar-refractivity contribution is 6.31. The molecule has 1 atom stereocenters. The highest BCUT2D eigenvalue weighted by Gasteiger charge is 2.37. The smallest absolute Gasteiger partial charge is 0.303 e. The maximum absolute atomic E-state index is 12.2. The number of aromatic amines is 1. The Bertz CT molecular complexity index is 881. The number of amides is 2. The average molecular weight is 393 g/mol. The number of imidazole rings is 1. The Labute approximate surface area is 160 Å². The van der Waals surface area contributed by atoms with Gasteiger partial charge >= 0.3 is 5.97 Å². The fourth-order valence-corrected chi connectivity index (χ4v) is 3.53. The maximum atomic E-state index is 12.2. The predicted molar refractivity (Wildman–Crippen MR) is 99.2 cm³/mol. The molecule has 8 nitrogen and oxygen atoms in total. The minimum atomic E-state index is -0.912. The van der Waals surface area contributed by atoms with Gasteiger partial charge in [-0.1, -0.05) is 11.6 Å². The highest BCUT2D eigenvalue weighted by atomic mass is 35.5. The molecular formula is C18H21ClN4O4. The van der Waals surface area contributed by atoms with Crippen molar-refractivity contribution in [2.75, 3.05) is 0 Å². The zero-order chi connectivity index (χ0) is 19.4. The second-order valence-electron chi connectivity index (χ2n) is 6.84. The zero-order valence-electron chi connectivity index (χ0n) is 14.7. The third-order valence-electron chi connectivity index (χ3n) is 4.83. The lowest BCUT2D eigenvalue weighted by molar-refractivity contribution is -0.137. The van der Waals surface area contributed by atoms with Crippen LogP contribution in [0, 0.1) is 0 Å². The van der Waals surface area contributed by atoms with E-state index in [9.17, 15) is 14.4 Å². The van der Waals surface area contributed by atoms with Gasteiger partial charge in [0.2, 0.25) is 11.8 Å². The molecule has 0 unspecified atom stereocenters. The predicted octanol–water partition coefficient (Wildman–Crippen LogP) is 2.13. The lowest BCUT2D eigenvalue weighted by Crippen LogP contribution is -2.43. The van der Waals surface area contributed by atoms with Crippen molar-refractivity contribution < 1.29 is 19.5 Å². The van der Waals surface area contributed by atoms with Crippen molar-refractivity contribution in [1.82, 2.24) is 20.6 Å². The molecule has 0 saturated carbocycles. The molecular weight excluding hydrogens is 372 g/mol. The van der Waals surface area contributed by atoms with Gasteiger partial charge in [0, 0.05) is 29.8 Å². The largest absolute Gasteiger partial charge is 0.481 e. The Kier molecular flexibility index (Phi) is 5.65. The summed E-state index contributed by atoms with van der Waals surface area (Å²) < 4.78 is 0. The van der Waals surface area contributed by atoms with E-state index >= 15 is 0 Å². The summed E-state index contributed by atoms with van der Waals surface area (Å²) in [5.41, 5.74) is 0.959. The minimum Gasteiger partial charge on any atom is -0.481 e. The highest BCUT2D eigenvalue weighted by Crippen LogP contribution is 2.30. The third-order valence-corrected chi connectivity index (χ3v) is 5.06. The summed E-state index contributed by atoms with van der Waals surface area (Å²) >= 11 is 5.94. The first-order chi connectivity index (χ1) is 12.8. The summed E-state index contributed by atoms with van der Waals surface area (Å²) in [5, 5.41) is 15.2. The molecule has 1 aromatic heterocycles. The lowest BCUT2D eigenvalue weighted by atomic mass is 9.86. The molecule has 27 heavy (non-hydrogen) atoms. The zero-order valence-corrected chi connectivity index (χ0v) is 15.4. The van der Waals surface area contributed by atoms with Crippen LogP contribution in [0.4, 0.5) is 0 Å². The molecule has 9 heteroatoms. The lowest BCUT2D eigenvalue weighted by Gasteiger charge is -2.28. The van der Waals surface area contributed by atoms with Crippen molar-refractivity contribution in [3.05, 3.63) is 29.0 Å². The van der Waals surface area contributed by atoms with E-state index in [1.165, 1.54) is 0 Å². The fourth-order valence-electron chi connectivity index (χ4n) is 3.36. The second kappa shape index (κ2) is 7.96. The molecule has 144 valence electrons. The molecule has 0 bridgehead atoms. The van der Waals surface area contributed by atoms with Gasteiger partial charge in [-0.2, -0.15) is 0 Å². The summed E-state index contributed by atoms with van der Waals surface area (Å²) in [6.45, 7) is 0.250. The first-order valence-electron chi connectivity index (χ1n) is 8.79. The standard InChI is InChI=1S/C18H21ClN4O4/c19-11-1-2-12-13(9-11)22-14(21-12)10-20-15(24)3-6-18(8-5-17(26)27)7-4-16(25)23-18/h1-2,9H,3-8,10H2,(H,20,24)(H,21,22)(H,23,25)(H,26,27)/t18-/m1/s1. The number of carboxylic acid groups (broad SMARTS) is 1. The molecule has 4 N–H and O–H groups in total. The topological polar surface area (TPSA) is 124 Å². The Morgan fingerprint density at radius 1 is 1.30 bits per heavy atom. The molecule has 2 amide bonds. The summed E-state index contributed by atoms with van der Waals surface area (Å²) in [6, 6.07) is 5.32.